The largest absolute Gasteiger partial charge is 0.399 e. The van der Waals surface area contributed by atoms with Gasteiger partial charge < -0.3 is 11.1 Å². The molecule has 0 bridgehead atoms. The van der Waals surface area contributed by atoms with Gasteiger partial charge in [-0.15, -0.1) is 0 Å². The summed E-state index contributed by atoms with van der Waals surface area (Å²) in [5, 5.41) is 4.56. The number of hydrogen-bond donors (Lipinski definition) is 2. The molecule has 2 aromatic carbocycles. The van der Waals surface area contributed by atoms with E-state index in [0.717, 1.165) is 28.0 Å². The van der Waals surface area contributed by atoms with Gasteiger partial charge in [0.15, 0.2) is 0 Å². The minimum atomic E-state index is 0.765. The Bertz CT molecular complexity index is 761. The fourth-order valence-corrected chi connectivity index (χ4v) is 2.29. The van der Waals surface area contributed by atoms with Gasteiger partial charge >= 0.3 is 0 Å². The monoisotopic (exact) mass is 263 g/mol. The lowest BCUT2D eigenvalue weighted by Gasteiger charge is -2.12. The highest BCUT2D eigenvalue weighted by atomic mass is 14.9. The molecule has 3 N–H and O–H groups in total. The molecule has 1 heterocycles. The van der Waals surface area contributed by atoms with Gasteiger partial charge in [-0.25, -0.2) is 0 Å². The zero-order chi connectivity index (χ0) is 14.1. The summed E-state index contributed by atoms with van der Waals surface area (Å²) in [5.41, 5.74) is 12.1. The molecule has 0 saturated carbocycles. The average molecular weight is 263 g/mol. The summed E-state index contributed by atoms with van der Waals surface area (Å²) >= 11 is 0. The third kappa shape index (κ3) is 2.18. The molecule has 20 heavy (non-hydrogen) atoms. The van der Waals surface area contributed by atoms with Crippen LogP contribution in [0.25, 0.3) is 10.9 Å². The molecule has 0 spiro atoms. The molecule has 100 valence electrons. The van der Waals surface area contributed by atoms with E-state index in [0.29, 0.717) is 0 Å². The number of nitrogen functional groups attached to an aromatic ring is 1. The maximum Gasteiger partial charge on any atom is 0.0754 e. The van der Waals surface area contributed by atoms with Gasteiger partial charge in [-0.3, -0.25) is 4.98 Å². The van der Waals surface area contributed by atoms with Gasteiger partial charge in [-0.1, -0.05) is 12.1 Å². The van der Waals surface area contributed by atoms with Crippen LogP contribution in [0.15, 0.2) is 48.7 Å². The smallest absolute Gasteiger partial charge is 0.0754 e. The van der Waals surface area contributed by atoms with E-state index in [4.69, 9.17) is 5.73 Å². The minimum absolute atomic E-state index is 0.765. The minimum Gasteiger partial charge on any atom is -0.399 e. The number of nitrogens with zero attached hydrogens (tertiary/aromatic N) is 1. The van der Waals surface area contributed by atoms with Crippen molar-refractivity contribution in [3.63, 3.8) is 0 Å². The number of nitrogens with two attached hydrogens (primary N) is 1. The Hall–Kier alpha value is -2.55. The number of fused-ring (bicyclic) bond motifs is 1. The Balaban J connectivity index is 2.08. The summed E-state index contributed by atoms with van der Waals surface area (Å²) in [7, 11) is 0. The molecule has 0 unspecified atom stereocenters. The van der Waals surface area contributed by atoms with Crippen LogP contribution in [0.4, 0.5) is 17.1 Å². The van der Waals surface area contributed by atoms with Gasteiger partial charge in [0.25, 0.3) is 0 Å². The van der Waals surface area contributed by atoms with Crippen LogP contribution in [0, 0.1) is 13.8 Å². The summed E-state index contributed by atoms with van der Waals surface area (Å²) < 4.78 is 0. The quantitative estimate of drug-likeness (QED) is 0.682. The first-order valence-electron chi connectivity index (χ1n) is 6.62. The van der Waals surface area contributed by atoms with E-state index in [9.17, 15) is 0 Å². The highest BCUT2D eigenvalue weighted by Crippen LogP contribution is 2.28. The lowest BCUT2D eigenvalue weighted by atomic mass is 10.0. The van der Waals surface area contributed by atoms with E-state index in [2.05, 4.69) is 36.3 Å². The van der Waals surface area contributed by atoms with Crippen LogP contribution < -0.4 is 11.1 Å². The molecular formula is C17H17N3. The lowest BCUT2D eigenvalue weighted by molar-refractivity contribution is 1.31. The Morgan fingerprint density at radius 1 is 0.950 bits per heavy atom. The van der Waals surface area contributed by atoms with E-state index >= 15 is 0 Å². The van der Waals surface area contributed by atoms with Crippen LogP contribution in [0.1, 0.15) is 11.1 Å². The zero-order valence-electron chi connectivity index (χ0n) is 11.6. The third-order valence-corrected chi connectivity index (χ3v) is 3.63. The summed E-state index contributed by atoms with van der Waals surface area (Å²) in [6, 6.07) is 14.0. The molecule has 3 aromatic rings. The molecule has 0 radical (unpaired) electrons. The van der Waals surface area contributed by atoms with Crippen LogP contribution in [-0.2, 0) is 0 Å². The normalized spacial score (nSPS) is 10.7. The van der Waals surface area contributed by atoms with Crippen LogP contribution in [0.5, 0.6) is 0 Å². The summed E-state index contributed by atoms with van der Waals surface area (Å²) in [6.07, 6.45) is 1.84. The van der Waals surface area contributed by atoms with E-state index < -0.39 is 0 Å². The Kier molecular flexibility index (Phi) is 3.03. The number of aromatic nitrogens is 1. The van der Waals surface area contributed by atoms with Crippen molar-refractivity contribution >= 4 is 28.0 Å². The molecule has 1 aromatic heterocycles. The predicted molar refractivity (Wildman–Crippen MR) is 85.4 cm³/mol. The molecule has 0 amide bonds. The van der Waals surface area contributed by atoms with Crippen LogP contribution >= 0.6 is 0 Å². The SMILES string of the molecule is Cc1ccc2c(Nc3ccc(N)cc3)ccnc2c1C. The number of aryl methyl sites for hydroxylation is 2. The average Bonchev–Trinajstić information content (AvgIpc) is 2.46. The molecule has 0 aliphatic heterocycles. The van der Waals surface area contributed by atoms with Gasteiger partial charge in [-0.05, 0) is 55.3 Å². The molecule has 3 rings (SSSR count). The number of benzene rings is 2. The van der Waals surface area contributed by atoms with Crippen LogP contribution in [0.3, 0.4) is 0 Å². The highest BCUT2D eigenvalue weighted by Gasteiger charge is 2.06. The van der Waals surface area contributed by atoms with Gasteiger partial charge in [0.1, 0.15) is 0 Å². The lowest BCUT2D eigenvalue weighted by Crippen LogP contribution is -1.95. The molecule has 0 fully saturated rings. The number of hydrogen-bond acceptors (Lipinski definition) is 3. The Morgan fingerprint density at radius 2 is 1.70 bits per heavy atom. The number of rotatable bonds is 2. The van der Waals surface area contributed by atoms with Crippen molar-refractivity contribution in [2.45, 2.75) is 13.8 Å². The number of anilines is 3. The molecule has 0 atom stereocenters. The second-order valence-corrected chi connectivity index (χ2v) is 5.01. The van der Waals surface area contributed by atoms with Crippen LogP contribution in [-0.4, -0.2) is 4.98 Å². The second-order valence-electron chi connectivity index (χ2n) is 5.01. The van der Waals surface area contributed by atoms with Crippen molar-refractivity contribution < 1.29 is 0 Å². The van der Waals surface area contributed by atoms with E-state index in [-0.39, 0.29) is 0 Å². The highest BCUT2D eigenvalue weighted by molar-refractivity contribution is 5.95. The number of pyridine rings is 1. The third-order valence-electron chi connectivity index (χ3n) is 3.63. The summed E-state index contributed by atoms with van der Waals surface area (Å²) in [4.78, 5) is 4.50. The molecule has 0 aliphatic carbocycles. The maximum atomic E-state index is 5.71. The van der Waals surface area contributed by atoms with Crippen molar-refractivity contribution in [2.75, 3.05) is 11.1 Å². The van der Waals surface area contributed by atoms with E-state index in [1.54, 1.807) is 0 Å². The molecule has 3 heteroatoms. The first-order valence-corrected chi connectivity index (χ1v) is 6.62. The van der Waals surface area contributed by atoms with Gasteiger partial charge in [0.2, 0.25) is 0 Å². The van der Waals surface area contributed by atoms with Crippen molar-refractivity contribution in [1.29, 1.82) is 0 Å². The maximum absolute atomic E-state index is 5.71. The fraction of sp³-hybridized carbons (Fsp3) is 0.118. The van der Waals surface area contributed by atoms with Crippen molar-refractivity contribution in [3.05, 3.63) is 59.8 Å². The second kappa shape index (κ2) is 4.85. The van der Waals surface area contributed by atoms with Gasteiger partial charge in [-0.2, -0.15) is 0 Å². The van der Waals surface area contributed by atoms with Gasteiger partial charge in [0, 0.05) is 28.6 Å². The molecule has 3 nitrogen and oxygen atoms in total. The van der Waals surface area contributed by atoms with Crippen molar-refractivity contribution in [2.24, 2.45) is 0 Å². The van der Waals surface area contributed by atoms with E-state index in [1.165, 1.54) is 11.1 Å². The number of nitrogens with one attached hydrogen (secondary N) is 1. The van der Waals surface area contributed by atoms with Crippen molar-refractivity contribution in [3.8, 4) is 0 Å². The topological polar surface area (TPSA) is 50.9 Å². The standard InChI is InChI=1S/C17H17N3/c1-11-3-8-15-16(9-10-19-17(15)12(11)2)20-14-6-4-13(18)5-7-14/h3-10H,18H2,1-2H3,(H,19,20). The zero-order valence-corrected chi connectivity index (χ0v) is 11.6. The summed E-state index contributed by atoms with van der Waals surface area (Å²) in [6.45, 7) is 4.22. The Morgan fingerprint density at radius 3 is 2.45 bits per heavy atom. The van der Waals surface area contributed by atoms with Gasteiger partial charge in [0.05, 0.1) is 5.52 Å². The predicted octanol–water partition coefficient (Wildman–Crippen LogP) is 4.18. The Labute approximate surface area is 118 Å². The first-order chi connectivity index (χ1) is 9.65. The summed E-state index contributed by atoms with van der Waals surface area (Å²) in [5.74, 6) is 0. The van der Waals surface area contributed by atoms with Crippen molar-refractivity contribution in [1.82, 2.24) is 4.98 Å². The fourth-order valence-electron chi connectivity index (χ4n) is 2.29. The molecular weight excluding hydrogens is 246 g/mol. The molecule has 0 saturated heterocycles. The first kappa shape index (κ1) is 12.5. The van der Waals surface area contributed by atoms with Crippen LogP contribution in [0.2, 0.25) is 0 Å². The van der Waals surface area contributed by atoms with E-state index in [1.807, 2.05) is 36.5 Å². The molecule has 0 aliphatic rings.